The highest BCUT2D eigenvalue weighted by Gasteiger charge is 2.30. The Balaban J connectivity index is 1.80. The molecule has 25 heavy (non-hydrogen) atoms. The Labute approximate surface area is 151 Å². The number of hydrogen-bond donors (Lipinski definition) is 0. The molecular weight excluding hydrogens is 332 g/mol. The van der Waals surface area contributed by atoms with Crippen LogP contribution in [0.3, 0.4) is 0 Å². The second-order valence-corrected chi connectivity index (χ2v) is 8.81. The average molecular weight is 359 g/mol. The largest absolute Gasteiger partial charge is 0.369 e. The van der Waals surface area contributed by atoms with Gasteiger partial charge in [-0.05, 0) is 42.2 Å². The predicted molar refractivity (Wildman–Crippen MR) is 103 cm³/mol. The van der Waals surface area contributed by atoms with E-state index in [1.54, 1.807) is 4.31 Å². The Morgan fingerprint density at radius 2 is 1.56 bits per heavy atom. The summed E-state index contributed by atoms with van der Waals surface area (Å²) in [4.78, 5) is 2.69. The van der Waals surface area contributed by atoms with Crippen LogP contribution in [-0.2, 0) is 10.0 Å². The summed E-state index contributed by atoms with van der Waals surface area (Å²) in [5, 5.41) is 0. The molecule has 1 aliphatic rings. The smallest absolute Gasteiger partial charge is 0.243 e. The molecule has 0 radical (unpaired) electrons. The number of hydrogen-bond acceptors (Lipinski definition) is 3. The Hall–Kier alpha value is -1.85. The molecule has 3 rings (SSSR count). The molecule has 134 valence electrons. The summed E-state index contributed by atoms with van der Waals surface area (Å²) in [5.41, 5.74) is 3.03. The lowest BCUT2D eigenvalue weighted by Crippen LogP contribution is -2.48. The third kappa shape index (κ3) is 3.72. The molecule has 4 nitrogen and oxygen atoms in total. The molecule has 0 atom stereocenters. The first kappa shape index (κ1) is 18.0. The van der Waals surface area contributed by atoms with Gasteiger partial charge in [0.1, 0.15) is 0 Å². The summed E-state index contributed by atoms with van der Waals surface area (Å²) in [6.45, 7) is 8.50. The number of para-hydroxylation sites is 1. The Morgan fingerprint density at radius 1 is 0.920 bits per heavy atom. The maximum absolute atomic E-state index is 13.1. The van der Waals surface area contributed by atoms with Gasteiger partial charge in [-0.15, -0.1) is 0 Å². The van der Waals surface area contributed by atoms with E-state index in [-0.39, 0.29) is 0 Å². The first-order valence-electron chi connectivity index (χ1n) is 8.80. The van der Waals surface area contributed by atoms with E-state index in [2.05, 4.69) is 30.9 Å². The molecule has 1 heterocycles. The number of rotatable bonds is 4. The van der Waals surface area contributed by atoms with E-state index >= 15 is 0 Å². The van der Waals surface area contributed by atoms with Crippen LogP contribution in [0.2, 0.25) is 0 Å². The minimum absolute atomic E-state index is 0.310. The summed E-state index contributed by atoms with van der Waals surface area (Å²) in [6.07, 6.45) is 0. The van der Waals surface area contributed by atoms with Crippen LogP contribution >= 0.6 is 0 Å². The molecule has 0 unspecified atom stereocenters. The Morgan fingerprint density at radius 3 is 2.16 bits per heavy atom. The molecule has 2 aromatic carbocycles. The molecule has 0 bridgehead atoms. The number of piperazine rings is 1. The van der Waals surface area contributed by atoms with Crippen molar-refractivity contribution in [2.24, 2.45) is 0 Å². The monoisotopic (exact) mass is 358 g/mol. The van der Waals surface area contributed by atoms with Gasteiger partial charge in [0, 0.05) is 31.9 Å². The molecule has 5 heteroatoms. The van der Waals surface area contributed by atoms with E-state index in [1.807, 2.05) is 43.3 Å². The van der Waals surface area contributed by atoms with E-state index in [9.17, 15) is 8.42 Å². The number of anilines is 1. The highest BCUT2D eigenvalue weighted by molar-refractivity contribution is 7.89. The molecule has 0 aliphatic carbocycles. The van der Waals surface area contributed by atoms with Crippen molar-refractivity contribution in [3.63, 3.8) is 0 Å². The van der Waals surface area contributed by atoms with E-state index in [1.165, 1.54) is 0 Å². The molecule has 1 saturated heterocycles. The quantitative estimate of drug-likeness (QED) is 0.838. The SMILES string of the molecule is Cc1ccc(C(C)C)cc1S(=O)(=O)N1CCN(c2ccccc2)CC1. The molecule has 2 aromatic rings. The van der Waals surface area contributed by atoms with Crippen molar-refractivity contribution >= 4 is 15.7 Å². The van der Waals surface area contributed by atoms with Crippen molar-refractivity contribution in [1.29, 1.82) is 0 Å². The van der Waals surface area contributed by atoms with Crippen LogP contribution in [0.5, 0.6) is 0 Å². The van der Waals surface area contributed by atoms with E-state index in [0.717, 1.165) is 16.8 Å². The maximum Gasteiger partial charge on any atom is 0.243 e. The summed E-state index contributed by atoms with van der Waals surface area (Å²) in [5.74, 6) is 0.310. The van der Waals surface area contributed by atoms with E-state index < -0.39 is 10.0 Å². The van der Waals surface area contributed by atoms with Crippen molar-refractivity contribution < 1.29 is 8.42 Å². The first-order chi connectivity index (χ1) is 11.9. The van der Waals surface area contributed by atoms with Gasteiger partial charge < -0.3 is 4.90 Å². The van der Waals surface area contributed by atoms with Crippen LogP contribution in [0.15, 0.2) is 53.4 Å². The van der Waals surface area contributed by atoms with Gasteiger partial charge in [-0.25, -0.2) is 8.42 Å². The predicted octanol–water partition coefficient (Wildman–Crippen LogP) is 3.63. The Kier molecular flexibility index (Phi) is 5.16. The van der Waals surface area contributed by atoms with Crippen LogP contribution < -0.4 is 4.90 Å². The highest BCUT2D eigenvalue weighted by Crippen LogP contribution is 2.26. The zero-order valence-electron chi connectivity index (χ0n) is 15.1. The second-order valence-electron chi connectivity index (χ2n) is 6.91. The zero-order chi connectivity index (χ0) is 18.0. The number of sulfonamides is 1. The van der Waals surface area contributed by atoms with Gasteiger partial charge in [0.15, 0.2) is 0 Å². The van der Waals surface area contributed by atoms with Crippen molar-refractivity contribution in [3.8, 4) is 0 Å². The minimum atomic E-state index is -3.45. The van der Waals surface area contributed by atoms with Crippen molar-refractivity contribution in [3.05, 3.63) is 59.7 Å². The Bertz CT molecular complexity index is 824. The molecule has 0 amide bonds. The topological polar surface area (TPSA) is 40.6 Å². The molecule has 0 N–H and O–H groups in total. The lowest BCUT2D eigenvalue weighted by atomic mass is 10.0. The zero-order valence-corrected chi connectivity index (χ0v) is 16.0. The van der Waals surface area contributed by atoms with E-state index in [0.29, 0.717) is 37.0 Å². The summed E-state index contributed by atoms with van der Waals surface area (Å²) in [6, 6.07) is 15.9. The van der Waals surface area contributed by atoms with Crippen LogP contribution in [0.25, 0.3) is 0 Å². The average Bonchev–Trinajstić information content (AvgIpc) is 2.62. The van der Waals surface area contributed by atoms with Gasteiger partial charge in [0.25, 0.3) is 0 Å². The molecule has 0 aromatic heterocycles. The van der Waals surface area contributed by atoms with Crippen LogP contribution in [0, 0.1) is 6.92 Å². The van der Waals surface area contributed by atoms with Gasteiger partial charge >= 0.3 is 0 Å². The first-order valence-corrected chi connectivity index (χ1v) is 10.2. The number of aryl methyl sites for hydroxylation is 1. The summed E-state index contributed by atoms with van der Waals surface area (Å²) >= 11 is 0. The van der Waals surface area contributed by atoms with Gasteiger partial charge in [0.2, 0.25) is 10.0 Å². The van der Waals surface area contributed by atoms with E-state index in [4.69, 9.17) is 0 Å². The second kappa shape index (κ2) is 7.18. The fourth-order valence-electron chi connectivity index (χ4n) is 3.22. The van der Waals surface area contributed by atoms with Crippen molar-refractivity contribution in [2.75, 3.05) is 31.1 Å². The fraction of sp³-hybridized carbons (Fsp3) is 0.400. The van der Waals surface area contributed by atoms with Crippen molar-refractivity contribution in [1.82, 2.24) is 4.31 Å². The van der Waals surface area contributed by atoms with Crippen molar-refractivity contribution in [2.45, 2.75) is 31.6 Å². The van der Waals surface area contributed by atoms with Gasteiger partial charge in [-0.3, -0.25) is 0 Å². The van der Waals surface area contributed by atoms with Gasteiger partial charge in [-0.1, -0.05) is 44.2 Å². The van der Waals surface area contributed by atoms with Gasteiger partial charge in [0.05, 0.1) is 4.90 Å². The van der Waals surface area contributed by atoms with Crippen LogP contribution in [0.1, 0.15) is 30.9 Å². The standard InChI is InChI=1S/C20H26N2O2S/c1-16(2)18-10-9-17(3)20(15-18)25(23,24)22-13-11-21(12-14-22)19-7-5-4-6-8-19/h4-10,15-16H,11-14H2,1-3H3. The number of benzene rings is 2. The fourth-order valence-corrected chi connectivity index (χ4v) is 4.90. The molecule has 0 spiro atoms. The van der Waals surface area contributed by atoms with Crippen LogP contribution in [-0.4, -0.2) is 38.9 Å². The molecular formula is C20H26N2O2S. The third-order valence-electron chi connectivity index (χ3n) is 4.86. The third-order valence-corrected chi connectivity index (χ3v) is 6.90. The normalized spacial score (nSPS) is 16.4. The molecule has 1 fully saturated rings. The maximum atomic E-state index is 13.1. The summed E-state index contributed by atoms with van der Waals surface area (Å²) in [7, 11) is -3.45. The lowest BCUT2D eigenvalue weighted by Gasteiger charge is -2.35. The molecule has 1 aliphatic heterocycles. The summed E-state index contributed by atoms with van der Waals surface area (Å²) < 4.78 is 27.9. The minimum Gasteiger partial charge on any atom is -0.369 e. The number of nitrogens with zero attached hydrogens (tertiary/aromatic N) is 2. The molecule has 0 saturated carbocycles. The van der Waals surface area contributed by atoms with Gasteiger partial charge in [-0.2, -0.15) is 4.31 Å². The highest BCUT2D eigenvalue weighted by atomic mass is 32.2. The van der Waals surface area contributed by atoms with Crippen LogP contribution in [0.4, 0.5) is 5.69 Å². The lowest BCUT2D eigenvalue weighted by molar-refractivity contribution is 0.384.